The van der Waals surface area contributed by atoms with Crippen LogP contribution in [-0.2, 0) is 19.7 Å². The van der Waals surface area contributed by atoms with Gasteiger partial charge in [0.15, 0.2) is 5.41 Å². The molecule has 0 bridgehead atoms. The molecule has 5 heteroatoms. The number of carboxylic acid groups (broad SMARTS) is 1. The highest BCUT2D eigenvalue weighted by Crippen LogP contribution is 2.33. The van der Waals surface area contributed by atoms with Crippen molar-refractivity contribution in [1.29, 1.82) is 0 Å². The fourth-order valence-electron chi connectivity index (χ4n) is 2.02. The summed E-state index contributed by atoms with van der Waals surface area (Å²) in [5, 5.41) is 9.64. The number of halogens is 1. The second kappa shape index (κ2) is 6.70. The standard InChI is InChI=1S/C15H17BrO4/c1-4-20-14(19)15(13(17)18,9-10(2)3)11-5-7-12(16)8-6-11/h5-8H,2,4,9H2,1,3H3,(H,17,18). The topological polar surface area (TPSA) is 63.6 Å². The summed E-state index contributed by atoms with van der Waals surface area (Å²) >= 11 is 3.29. The molecule has 1 aromatic rings. The minimum Gasteiger partial charge on any atom is -0.480 e. The maximum absolute atomic E-state index is 12.3. The molecule has 4 nitrogen and oxygen atoms in total. The molecule has 1 unspecified atom stereocenters. The minimum atomic E-state index is -1.75. The predicted molar refractivity (Wildman–Crippen MR) is 79.5 cm³/mol. The largest absolute Gasteiger partial charge is 0.480 e. The molecule has 0 aromatic heterocycles. The molecule has 0 amide bonds. The Balaban J connectivity index is 3.43. The molecule has 0 aliphatic carbocycles. The van der Waals surface area contributed by atoms with Crippen molar-refractivity contribution in [3.8, 4) is 0 Å². The number of aliphatic carboxylic acids is 1. The molecule has 0 spiro atoms. The average Bonchev–Trinajstić information content (AvgIpc) is 2.36. The van der Waals surface area contributed by atoms with E-state index in [1.165, 1.54) is 0 Å². The Kier molecular flexibility index (Phi) is 5.51. The van der Waals surface area contributed by atoms with Gasteiger partial charge >= 0.3 is 11.9 Å². The quantitative estimate of drug-likeness (QED) is 0.490. The number of carboxylic acids is 1. The Morgan fingerprint density at radius 2 is 1.90 bits per heavy atom. The summed E-state index contributed by atoms with van der Waals surface area (Å²) in [5.41, 5.74) is -0.763. The molecule has 0 saturated carbocycles. The second-order valence-corrected chi connectivity index (χ2v) is 5.49. The van der Waals surface area contributed by atoms with Gasteiger partial charge in [-0.3, -0.25) is 9.59 Å². The van der Waals surface area contributed by atoms with E-state index in [1.54, 1.807) is 38.1 Å². The lowest BCUT2D eigenvalue weighted by Gasteiger charge is -2.28. The van der Waals surface area contributed by atoms with Gasteiger partial charge in [0.05, 0.1) is 6.61 Å². The smallest absolute Gasteiger partial charge is 0.328 e. The summed E-state index contributed by atoms with van der Waals surface area (Å²) in [6.07, 6.45) is 0.00278. The summed E-state index contributed by atoms with van der Waals surface area (Å²) < 4.78 is 5.79. The lowest BCUT2D eigenvalue weighted by molar-refractivity contribution is -0.161. The lowest BCUT2D eigenvalue weighted by atomic mass is 9.75. The van der Waals surface area contributed by atoms with E-state index in [-0.39, 0.29) is 13.0 Å². The maximum atomic E-state index is 12.3. The first-order valence-corrected chi connectivity index (χ1v) is 6.95. The number of ether oxygens (including phenoxy) is 1. The second-order valence-electron chi connectivity index (χ2n) is 4.57. The van der Waals surface area contributed by atoms with E-state index in [0.29, 0.717) is 11.1 Å². The van der Waals surface area contributed by atoms with Crippen molar-refractivity contribution in [3.05, 3.63) is 46.5 Å². The van der Waals surface area contributed by atoms with Crippen LogP contribution >= 0.6 is 15.9 Å². The number of hydrogen-bond donors (Lipinski definition) is 1. The summed E-state index contributed by atoms with van der Waals surface area (Å²) in [4.78, 5) is 24.1. The Morgan fingerprint density at radius 1 is 1.35 bits per heavy atom. The molecule has 0 fully saturated rings. The fourth-order valence-corrected chi connectivity index (χ4v) is 2.28. The van der Waals surface area contributed by atoms with Crippen molar-refractivity contribution < 1.29 is 19.4 Å². The van der Waals surface area contributed by atoms with Gasteiger partial charge < -0.3 is 9.84 Å². The molecule has 0 heterocycles. The van der Waals surface area contributed by atoms with E-state index in [9.17, 15) is 14.7 Å². The van der Waals surface area contributed by atoms with E-state index in [1.807, 2.05) is 0 Å². The highest BCUT2D eigenvalue weighted by Gasteiger charge is 2.49. The Hall–Kier alpha value is -1.62. The summed E-state index contributed by atoms with van der Waals surface area (Å²) in [5.74, 6) is -2.00. The Labute approximate surface area is 126 Å². The van der Waals surface area contributed by atoms with Crippen molar-refractivity contribution >= 4 is 27.9 Å². The molecule has 1 atom stereocenters. The van der Waals surface area contributed by atoms with Gasteiger partial charge in [0.25, 0.3) is 0 Å². The van der Waals surface area contributed by atoms with Gasteiger partial charge in [-0.05, 0) is 38.0 Å². The molecule has 20 heavy (non-hydrogen) atoms. The summed E-state index contributed by atoms with van der Waals surface area (Å²) in [6, 6.07) is 6.62. The van der Waals surface area contributed by atoms with Crippen LogP contribution in [0.2, 0.25) is 0 Å². The Morgan fingerprint density at radius 3 is 2.30 bits per heavy atom. The van der Waals surface area contributed by atoms with Crippen LogP contribution in [0.15, 0.2) is 40.9 Å². The van der Waals surface area contributed by atoms with Gasteiger partial charge in [-0.2, -0.15) is 0 Å². The summed E-state index contributed by atoms with van der Waals surface area (Å²) in [7, 11) is 0. The van der Waals surface area contributed by atoms with E-state index >= 15 is 0 Å². The van der Waals surface area contributed by atoms with Gasteiger partial charge in [-0.1, -0.05) is 33.6 Å². The minimum absolute atomic E-state index is 0.00278. The van der Waals surface area contributed by atoms with E-state index < -0.39 is 17.4 Å². The molecule has 108 valence electrons. The van der Waals surface area contributed by atoms with Crippen LogP contribution in [0.5, 0.6) is 0 Å². The normalized spacial score (nSPS) is 13.3. The third-order valence-corrected chi connectivity index (χ3v) is 3.42. The monoisotopic (exact) mass is 340 g/mol. The lowest BCUT2D eigenvalue weighted by Crippen LogP contribution is -2.45. The van der Waals surface area contributed by atoms with Crippen LogP contribution in [-0.4, -0.2) is 23.7 Å². The molecular weight excluding hydrogens is 324 g/mol. The van der Waals surface area contributed by atoms with Crippen LogP contribution in [0.1, 0.15) is 25.8 Å². The Bertz CT molecular complexity index is 521. The van der Waals surface area contributed by atoms with Crippen LogP contribution in [0.4, 0.5) is 0 Å². The zero-order valence-corrected chi connectivity index (χ0v) is 13.1. The highest BCUT2D eigenvalue weighted by molar-refractivity contribution is 9.10. The van der Waals surface area contributed by atoms with E-state index in [4.69, 9.17) is 4.74 Å². The first kappa shape index (κ1) is 16.4. The highest BCUT2D eigenvalue weighted by atomic mass is 79.9. The zero-order valence-electron chi connectivity index (χ0n) is 11.5. The third-order valence-electron chi connectivity index (χ3n) is 2.89. The first-order chi connectivity index (χ1) is 9.34. The van der Waals surface area contributed by atoms with Gasteiger partial charge in [-0.15, -0.1) is 6.58 Å². The molecule has 0 aliphatic rings. The van der Waals surface area contributed by atoms with Crippen LogP contribution in [0.3, 0.4) is 0 Å². The molecule has 1 rings (SSSR count). The maximum Gasteiger partial charge on any atom is 0.328 e. The number of hydrogen-bond acceptors (Lipinski definition) is 3. The van der Waals surface area contributed by atoms with Gasteiger partial charge in [-0.25, -0.2) is 0 Å². The van der Waals surface area contributed by atoms with Crippen LogP contribution in [0.25, 0.3) is 0 Å². The van der Waals surface area contributed by atoms with Gasteiger partial charge in [0.2, 0.25) is 0 Å². The predicted octanol–water partition coefficient (Wildman–Crippen LogP) is 3.30. The number of rotatable bonds is 6. The fraction of sp³-hybridized carbons (Fsp3) is 0.333. The van der Waals surface area contributed by atoms with Gasteiger partial charge in [0, 0.05) is 4.47 Å². The van der Waals surface area contributed by atoms with Crippen molar-refractivity contribution in [2.75, 3.05) is 6.61 Å². The van der Waals surface area contributed by atoms with Crippen molar-refractivity contribution in [2.45, 2.75) is 25.7 Å². The van der Waals surface area contributed by atoms with Crippen molar-refractivity contribution in [3.63, 3.8) is 0 Å². The van der Waals surface area contributed by atoms with Crippen LogP contribution in [0, 0.1) is 0 Å². The molecule has 0 aliphatic heterocycles. The SMILES string of the molecule is C=C(C)CC(C(=O)O)(C(=O)OCC)c1ccc(Br)cc1. The molecular formula is C15H17BrO4. The van der Waals surface area contributed by atoms with E-state index in [2.05, 4.69) is 22.5 Å². The molecule has 0 saturated heterocycles. The van der Waals surface area contributed by atoms with E-state index in [0.717, 1.165) is 4.47 Å². The third kappa shape index (κ3) is 3.28. The first-order valence-electron chi connectivity index (χ1n) is 6.15. The number of esters is 1. The number of carbonyl (C=O) groups is 2. The van der Waals surface area contributed by atoms with Gasteiger partial charge in [0.1, 0.15) is 0 Å². The zero-order chi connectivity index (χ0) is 15.3. The molecule has 1 aromatic carbocycles. The average molecular weight is 341 g/mol. The molecule has 0 radical (unpaired) electrons. The number of carbonyl (C=O) groups excluding carboxylic acids is 1. The molecule has 1 N–H and O–H groups in total. The van der Waals surface area contributed by atoms with Crippen LogP contribution < -0.4 is 0 Å². The van der Waals surface area contributed by atoms with Crippen molar-refractivity contribution in [2.24, 2.45) is 0 Å². The number of allylic oxidation sites excluding steroid dienone is 1. The summed E-state index contributed by atoms with van der Waals surface area (Å²) in [6.45, 7) is 7.19. The number of benzene rings is 1. The van der Waals surface area contributed by atoms with Crippen molar-refractivity contribution in [1.82, 2.24) is 0 Å².